The summed E-state index contributed by atoms with van der Waals surface area (Å²) in [6.07, 6.45) is 3.79. The predicted molar refractivity (Wildman–Crippen MR) is 134 cm³/mol. The van der Waals surface area contributed by atoms with E-state index < -0.39 is 0 Å². The number of fused-ring (bicyclic) bond motifs is 1. The highest BCUT2D eigenvalue weighted by Gasteiger charge is 2.27. The van der Waals surface area contributed by atoms with E-state index in [1.54, 1.807) is 0 Å². The normalized spacial score (nSPS) is 16.1. The SMILES string of the molecule is Cc1ccc(NC(=O)[C@H]2CCCN2C)cc1Nc1ncc2cccc(-c3ccccc3)c2n1. The first kappa shape index (κ1) is 21.1. The molecule has 5 rings (SSSR count). The molecule has 0 unspecified atom stereocenters. The van der Waals surface area contributed by atoms with Crippen molar-refractivity contribution < 1.29 is 4.79 Å². The van der Waals surface area contributed by atoms with Gasteiger partial charge >= 0.3 is 0 Å². The Morgan fingerprint density at radius 2 is 1.91 bits per heavy atom. The van der Waals surface area contributed by atoms with E-state index in [9.17, 15) is 4.79 Å². The molecule has 1 aliphatic rings. The molecule has 2 N–H and O–H groups in total. The van der Waals surface area contributed by atoms with Crippen molar-refractivity contribution in [2.75, 3.05) is 24.2 Å². The van der Waals surface area contributed by atoms with Gasteiger partial charge in [-0.1, -0.05) is 54.6 Å². The van der Waals surface area contributed by atoms with Gasteiger partial charge in [0.15, 0.2) is 0 Å². The summed E-state index contributed by atoms with van der Waals surface area (Å²) < 4.78 is 0. The Kier molecular flexibility index (Phi) is 5.75. The van der Waals surface area contributed by atoms with Crippen molar-refractivity contribution in [1.82, 2.24) is 14.9 Å². The molecule has 6 nitrogen and oxygen atoms in total. The number of aromatic nitrogens is 2. The molecule has 1 atom stereocenters. The largest absolute Gasteiger partial charge is 0.325 e. The number of anilines is 3. The number of aryl methyl sites for hydroxylation is 1. The van der Waals surface area contributed by atoms with Gasteiger partial charge in [0.2, 0.25) is 11.9 Å². The van der Waals surface area contributed by atoms with Crippen LogP contribution in [0.15, 0.2) is 72.9 Å². The molecule has 2 heterocycles. The minimum absolute atomic E-state index is 0.0410. The van der Waals surface area contributed by atoms with E-state index in [4.69, 9.17) is 4.98 Å². The summed E-state index contributed by atoms with van der Waals surface area (Å²) in [6, 6.07) is 22.2. The van der Waals surface area contributed by atoms with Gasteiger partial charge in [-0.15, -0.1) is 0 Å². The van der Waals surface area contributed by atoms with Crippen LogP contribution >= 0.6 is 0 Å². The lowest BCUT2D eigenvalue weighted by Gasteiger charge is -2.19. The Morgan fingerprint density at radius 1 is 1.06 bits per heavy atom. The number of likely N-dealkylation sites (tertiary alicyclic amines) is 1. The number of likely N-dealkylation sites (N-methyl/N-ethyl adjacent to an activating group) is 1. The number of hydrogen-bond donors (Lipinski definition) is 2. The van der Waals surface area contributed by atoms with E-state index in [2.05, 4.69) is 38.7 Å². The van der Waals surface area contributed by atoms with Gasteiger partial charge in [-0.3, -0.25) is 9.69 Å². The molecule has 4 aromatic rings. The Balaban J connectivity index is 1.42. The van der Waals surface area contributed by atoms with Crippen LogP contribution in [0.2, 0.25) is 0 Å². The van der Waals surface area contributed by atoms with E-state index in [-0.39, 0.29) is 11.9 Å². The Bertz CT molecular complexity index is 1300. The molecule has 1 aromatic heterocycles. The number of benzene rings is 3. The summed E-state index contributed by atoms with van der Waals surface area (Å²) in [4.78, 5) is 24.2. The first-order valence-corrected chi connectivity index (χ1v) is 11.3. The summed E-state index contributed by atoms with van der Waals surface area (Å²) in [5, 5.41) is 7.40. The third-order valence-electron chi connectivity index (χ3n) is 6.27. The Hall–Kier alpha value is -3.77. The smallest absolute Gasteiger partial charge is 0.241 e. The standard InChI is InChI=1S/C27H27N5O/c1-18-13-14-21(29-26(33)24-12-7-15-32(24)2)16-23(18)30-27-28-17-20-10-6-11-22(25(20)31-27)19-8-4-3-5-9-19/h3-6,8-11,13-14,16-17,24H,7,12,15H2,1-2H3,(H,29,33)(H,28,30,31)/t24-/m1/s1. The molecule has 166 valence electrons. The van der Waals surface area contributed by atoms with Crippen molar-refractivity contribution in [3.05, 3.63) is 78.5 Å². The van der Waals surface area contributed by atoms with Gasteiger partial charge < -0.3 is 10.6 Å². The number of rotatable bonds is 5. The zero-order valence-corrected chi connectivity index (χ0v) is 18.9. The zero-order chi connectivity index (χ0) is 22.8. The molecule has 0 radical (unpaired) electrons. The average molecular weight is 438 g/mol. The summed E-state index contributed by atoms with van der Waals surface area (Å²) >= 11 is 0. The van der Waals surface area contributed by atoms with E-state index in [1.807, 2.05) is 68.7 Å². The summed E-state index contributed by atoms with van der Waals surface area (Å²) in [7, 11) is 2.00. The number of para-hydroxylation sites is 1. The lowest BCUT2D eigenvalue weighted by atomic mass is 10.0. The highest BCUT2D eigenvalue weighted by Crippen LogP contribution is 2.29. The van der Waals surface area contributed by atoms with E-state index >= 15 is 0 Å². The highest BCUT2D eigenvalue weighted by atomic mass is 16.2. The summed E-state index contributed by atoms with van der Waals surface area (Å²) in [6.45, 7) is 2.98. The number of carbonyl (C=O) groups excluding carboxylic acids is 1. The quantitative estimate of drug-likeness (QED) is 0.439. The van der Waals surface area contributed by atoms with Gasteiger partial charge in [-0.2, -0.15) is 0 Å². The van der Waals surface area contributed by atoms with Crippen LogP contribution in [0.5, 0.6) is 0 Å². The minimum atomic E-state index is -0.0667. The van der Waals surface area contributed by atoms with Gasteiger partial charge in [0.25, 0.3) is 0 Å². The third-order valence-corrected chi connectivity index (χ3v) is 6.27. The molecule has 1 saturated heterocycles. The number of hydrogen-bond acceptors (Lipinski definition) is 5. The lowest BCUT2D eigenvalue weighted by Crippen LogP contribution is -2.37. The first-order chi connectivity index (χ1) is 16.1. The second kappa shape index (κ2) is 9.00. The van der Waals surface area contributed by atoms with Crippen LogP contribution in [0, 0.1) is 6.92 Å². The summed E-state index contributed by atoms with van der Waals surface area (Å²) in [5.74, 6) is 0.562. The van der Waals surface area contributed by atoms with Crippen molar-refractivity contribution in [3.8, 4) is 11.1 Å². The zero-order valence-electron chi connectivity index (χ0n) is 18.9. The second-order valence-electron chi connectivity index (χ2n) is 8.59. The molecule has 1 aliphatic heterocycles. The maximum Gasteiger partial charge on any atom is 0.241 e. The van der Waals surface area contributed by atoms with Crippen molar-refractivity contribution >= 4 is 34.1 Å². The lowest BCUT2D eigenvalue weighted by molar-refractivity contribution is -0.119. The van der Waals surface area contributed by atoms with Gasteiger partial charge in [0, 0.05) is 28.5 Å². The number of amides is 1. The van der Waals surface area contributed by atoms with Crippen LogP contribution in [0.3, 0.4) is 0 Å². The molecule has 0 saturated carbocycles. The Morgan fingerprint density at radius 3 is 2.70 bits per heavy atom. The molecule has 0 bridgehead atoms. The maximum absolute atomic E-state index is 12.7. The number of nitrogens with zero attached hydrogens (tertiary/aromatic N) is 3. The average Bonchev–Trinajstić information content (AvgIpc) is 3.27. The molecule has 0 aliphatic carbocycles. The fourth-order valence-corrected chi connectivity index (χ4v) is 4.39. The number of nitrogens with one attached hydrogen (secondary N) is 2. The fourth-order valence-electron chi connectivity index (χ4n) is 4.39. The molecular formula is C27H27N5O. The molecule has 1 amide bonds. The van der Waals surface area contributed by atoms with Crippen molar-refractivity contribution in [2.24, 2.45) is 0 Å². The van der Waals surface area contributed by atoms with Crippen molar-refractivity contribution in [3.63, 3.8) is 0 Å². The molecular weight excluding hydrogens is 410 g/mol. The van der Waals surface area contributed by atoms with Crippen LogP contribution < -0.4 is 10.6 Å². The van der Waals surface area contributed by atoms with Crippen LogP contribution in [0.4, 0.5) is 17.3 Å². The summed E-state index contributed by atoms with van der Waals surface area (Å²) in [5.41, 5.74) is 5.75. The Labute approximate surface area is 193 Å². The van der Waals surface area contributed by atoms with Gasteiger partial charge in [0.1, 0.15) is 0 Å². The van der Waals surface area contributed by atoms with Gasteiger partial charge in [-0.05, 0) is 56.6 Å². The second-order valence-corrected chi connectivity index (χ2v) is 8.59. The van der Waals surface area contributed by atoms with Crippen molar-refractivity contribution in [1.29, 1.82) is 0 Å². The predicted octanol–water partition coefficient (Wildman–Crippen LogP) is 5.38. The minimum Gasteiger partial charge on any atom is -0.325 e. The van der Waals surface area contributed by atoms with Crippen LogP contribution in [-0.4, -0.2) is 40.4 Å². The van der Waals surface area contributed by atoms with Crippen LogP contribution in [-0.2, 0) is 4.79 Å². The molecule has 1 fully saturated rings. The first-order valence-electron chi connectivity index (χ1n) is 11.3. The van der Waals surface area contributed by atoms with Gasteiger partial charge in [0.05, 0.1) is 11.6 Å². The molecule has 6 heteroatoms. The molecule has 3 aromatic carbocycles. The molecule has 0 spiro atoms. The topological polar surface area (TPSA) is 70.2 Å². The van der Waals surface area contributed by atoms with Crippen LogP contribution in [0.1, 0.15) is 18.4 Å². The number of carbonyl (C=O) groups is 1. The van der Waals surface area contributed by atoms with E-state index in [0.717, 1.165) is 58.4 Å². The molecule has 33 heavy (non-hydrogen) atoms. The van der Waals surface area contributed by atoms with Gasteiger partial charge in [-0.25, -0.2) is 9.97 Å². The van der Waals surface area contributed by atoms with E-state index in [1.165, 1.54) is 0 Å². The third kappa shape index (κ3) is 4.43. The highest BCUT2D eigenvalue weighted by molar-refractivity contribution is 5.96. The van der Waals surface area contributed by atoms with Crippen molar-refractivity contribution in [2.45, 2.75) is 25.8 Å². The maximum atomic E-state index is 12.7. The fraction of sp³-hybridized carbons (Fsp3) is 0.222. The van der Waals surface area contributed by atoms with Crippen LogP contribution in [0.25, 0.3) is 22.0 Å². The van der Waals surface area contributed by atoms with E-state index in [0.29, 0.717) is 5.95 Å². The monoisotopic (exact) mass is 437 g/mol.